The van der Waals surface area contributed by atoms with Gasteiger partial charge in [0, 0.05) is 36.8 Å². The Labute approximate surface area is 125 Å². The zero-order chi connectivity index (χ0) is 14.2. The zero-order valence-electron chi connectivity index (χ0n) is 12.2. The summed E-state index contributed by atoms with van der Waals surface area (Å²) < 4.78 is 0. The summed E-state index contributed by atoms with van der Waals surface area (Å²) in [6, 6.07) is 10.8. The molecule has 2 heterocycles. The van der Waals surface area contributed by atoms with Gasteiger partial charge < -0.3 is 5.32 Å². The van der Waals surface area contributed by atoms with Crippen LogP contribution in [0.2, 0.25) is 0 Å². The van der Waals surface area contributed by atoms with Crippen LogP contribution in [-0.4, -0.2) is 29.5 Å². The number of nitrogens with zero attached hydrogens (tertiary/aromatic N) is 2. The van der Waals surface area contributed by atoms with Crippen molar-refractivity contribution in [3.05, 3.63) is 52.5 Å². The third-order valence-corrected chi connectivity index (χ3v) is 4.46. The summed E-state index contributed by atoms with van der Waals surface area (Å²) in [6.07, 6.45) is 1.86. The lowest BCUT2D eigenvalue weighted by Crippen LogP contribution is -2.32. The summed E-state index contributed by atoms with van der Waals surface area (Å²) in [6.45, 7) is 8.44. The van der Waals surface area contributed by atoms with Crippen LogP contribution in [-0.2, 0) is 6.54 Å². The van der Waals surface area contributed by atoms with E-state index in [1.807, 2.05) is 29.7 Å². The maximum Gasteiger partial charge on any atom is 0.0543 e. The Bertz CT molecular complexity index is 470. The average molecular weight is 289 g/mol. The first-order valence-corrected chi connectivity index (χ1v) is 8.06. The number of aromatic nitrogens is 1. The molecule has 0 saturated carbocycles. The minimum Gasteiger partial charge on any atom is -0.308 e. The Morgan fingerprint density at radius 1 is 1.30 bits per heavy atom. The van der Waals surface area contributed by atoms with Gasteiger partial charge in [0.2, 0.25) is 0 Å². The van der Waals surface area contributed by atoms with Crippen LogP contribution in [0.1, 0.15) is 30.5 Å². The summed E-state index contributed by atoms with van der Waals surface area (Å²) in [5.74, 6) is 0. The molecule has 0 aliphatic carbocycles. The van der Waals surface area contributed by atoms with Gasteiger partial charge in [-0.25, -0.2) is 0 Å². The van der Waals surface area contributed by atoms with E-state index >= 15 is 0 Å². The molecular formula is C16H23N3S. The van der Waals surface area contributed by atoms with E-state index in [9.17, 15) is 0 Å². The van der Waals surface area contributed by atoms with E-state index in [1.165, 1.54) is 4.88 Å². The van der Waals surface area contributed by atoms with Crippen LogP contribution in [0, 0.1) is 0 Å². The zero-order valence-corrected chi connectivity index (χ0v) is 13.1. The minimum absolute atomic E-state index is 0.434. The van der Waals surface area contributed by atoms with Crippen LogP contribution in [0.4, 0.5) is 0 Å². The molecule has 1 N–H and O–H groups in total. The summed E-state index contributed by atoms with van der Waals surface area (Å²) in [4.78, 5) is 8.20. The molecular weight excluding hydrogens is 266 g/mol. The summed E-state index contributed by atoms with van der Waals surface area (Å²) >= 11 is 1.81. The monoisotopic (exact) mass is 289 g/mol. The van der Waals surface area contributed by atoms with Crippen molar-refractivity contribution in [3.63, 3.8) is 0 Å². The van der Waals surface area contributed by atoms with Crippen molar-refractivity contribution in [1.82, 2.24) is 15.2 Å². The molecule has 0 saturated heterocycles. The highest BCUT2D eigenvalue weighted by Crippen LogP contribution is 2.17. The second-order valence-electron chi connectivity index (χ2n) is 4.88. The molecule has 2 aromatic heterocycles. The number of rotatable bonds is 8. The normalized spacial score (nSPS) is 12.8. The fourth-order valence-electron chi connectivity index (χ4n) is 2.15. The molecule has 0 spiro atoms. The van der Waals surface area contributed by atoms with Gasteiger partial charge in [-0.15, -0.1) is 11.3 Å². The van der Waals surface area contributed by atoms with E-state index in [2.05, 4.69) is 52.6 Å². The predicted octanol–water partition coefficient (Wildman–Crippen LogP) is 3.32. The van der Waals surface area contributed by atoms with Gasteiger partial charge in [0.1, 0.15) is 0 Å². The van der Waals surface area contributed by atoms with Crippen LogP contribution in [0.15, 0.2) is 41.9 Å². The van der Waals surface area contributed by atoms with Gasteiger partial charge in [0.15, 0.2) is 0 Å². The molecule has 0 bridgehead atoms. The lowest BCUT2D eigenvalue weighted by atomic mass is 10.2. The highest BCUT2D eigenvalue weighted by atomic mass is 32.1. The largest absolute Gasteiger partial charge is 0.308 e. The van der Waals surface area contributed by atoms with E-state index in [1.54, 1.807) is 0 Å². The second-order valence-corrected chi connectivity index (χ2v) is 5.86. The van der Waals surface area contributed by atoms with Crippen molar-refractivity contribution in [2.75, 3.05) is 19.6 Å². The van der Waals surface area contributed by atoms with E-state index in [4.69, 9.17) is 0 Å². The Balaban J connectivity index is 1.74. The number of nitrogens with one attached hydrogen (secondary N) is 1. The lowest BCUT2D eigenvalue weighted by Gasteiger charge is -2.21. The molecule has 0 amide bonds. The molecule has 2 aromatic rings. The third-order valence-electron chi connectivity index (χ3n) is 3.41. The van der Waals surface area contributed by atoms with Gasteiger partial charge in [-0.3, -0.25) is 9.88 Å². The Kier molecular flexibility index (Phi) is 6.18. The first kappa shape index (κ1) is 15.2. The molecule has 2 rings (SSSR count). The Morgan fingerprint density at radius 2 is 2.20 bits per heavy atom. The first-order valence-electron chi connectivity index (χ1n) is 7.18. The molecule has 0 aliphatic heterocycles. The van der Waals surface area contributed by atoms with Crippen molar-refractivity contribution in [2.24, 2.45) is 0 Å². The Hall–Kier alpha value is -1.23. The smallest absolute Gasteiger partial charge is 0.0543 e. The molecule has 0 fully saturated rings. The number of likely N-dealkylation sites (N-methyl/N-ethyl adjacent to an activating group) is 1. The van der Waals surface area contributed by atoms with Crippen molar-refractivity contribution >= 4 is 11.3 Å². The maximum absolute atomic E-state index is 4.39. The fourth-order valence-corrected chi connectivity index (χ4v) is 2.91. The van der Waals surface area contributed by atoms with Gasteiger partial charge >= 0.3 is 0 Å². The quantitative estimate of drug-likeness (QED) is 0.808. The topological polar surface area (TPSA) is 28.2 Å². The van der Waals surface area contributed by atoms with Crippen molar-refractivity contribution < 1.29 is 0 Å². The predicted molar refractivity (Wildman–Crippen MR) is 85.9 cm³/mol. The summed E-state index contributed by atoms with van der Waals surface area (Å²) in [7, 11) is 0. The molecule has 4 heteroatoms. The number of thiophene rings is 1. The van der Waals surface area contributed by atoms with Crippen molar-refractivity contribution in [3.8, 4) is 0 Å². The van der Waals surface area contributed by atoms with Crippen molar-refractivity contribution in [1.29, 1.82) is 0 Å². The van der Waals surface area contributed by atoms with Gasteiger partial charge in [0.25, 0.3) is 0 Å². The average Bonchev–Trinajstić information content (AvgIpc) is 3.01. The lowest BCUT2D eigenvalue weighted by molar-refractivity contribution is 0.272. The highest BCUT2D eigenvalue weighted by Gasteiger charge is 2.07. The standard InChI is InChI=1S/C16H23N3S/c1-3-19(13-15-7-4-5-9-18-15)11-10-17-14(2)16-8-6-12-20-16/h4-9,12,14,17H,3,10-11,13H2,1-2H3. The summed E-state index contributed by atoms with van der Waals surface area (Å²) in [5.41, 5.74) is 1.14. The number of hydrogen-bond acceptors (Lipinski definition) is 4. The van der Waals surface area contributed by atoms with Gasteiger partial charge in [0.05, 0.1) is 5.69 Å². The van der Waals surface area contributed by atoms with Crippen LogP contribution in [0.3, 0.4) is 0 Å². The van der Waals surface area contributed by atoms with Crippen LogP contribution in [0.25, 0.3) is 0 Å². The molecule has 3 nitrogen and oxygen atoms in total. The first-order chi connectivity index (χ1) is 9.79. The molecule has 0 aliphatic rings. The van der Waals surface area contributed by atoms with Gasteiger partial charge in [-0.2, -0.15) is 0 Å². The highest BCUT2D eigenvalue weighted by molar-refractivity contribution is 7.10. The molecule has 108 valence electrons. The number of pyridine rings is 1. The molecule has 20 heavy (non-hydrogen) atoms. The SMILES string of the molecule is CCN(CCNC(C)c1cccs1)Cc1ccccn1. The molecule has 0 aromatic carbocycles. The van der Waals surface area contributed by atoms with Gasteiger partial charge in [-0.05, 0) is 37.0 Å². The second kappa shape index (κ2) is 8.15. The van der Waals surface area contributed by atoms with E-state index in [-0.39, 0.29) is 0 Å². The molecule has 1 unspecified atom stereocenters. The van der Waals surface area contributed by atoms with E-state index in [0.717, 1.165) is 31.9 Å². The maximum atomic E-state index is 4.39. The summed E-state index contributed by atoms with van der Waals surface area (Å²) in [5, 5.41) is 5.72. The van der Waals surface area contributed by atoms with E-state index < -0.39 is 0 Å². The third kappa shape index (κ3) is 4.71. The number of hydrogen-bond donors (Lipinski definition) is 1. The van der Waals surface area contributed by atoms with Crippen LogP contribution < -0.4 is 5.32 Å². The van der Waals surface area contributed by atoms with Gasteiger partial charge in [-0.1, -0.05) is 19.1 Å². The molecule has 1 atom stereocenters. The molecule has 0 radical (unpaired) electrons. The van der Waals surface area contributed by atoms with Crippen LogP contribution in [0.5, 0.6) is 0 Å². The Morgan fingerprint density at radius 3 is 2.85 bits per heavy atom. The van der Waals surface area contributed by atoms with Crippen LogP contribution >= 0.6 is 11.3 Å². The fraction of sp³-hybridized carbons (Fsp3) is 0.438. The van der Waals surface area contributed by atoms with Crippen molar-refractivity contribution in [2.45, 2.75) is 26.4 Å². The minimum atomic E-state index is 0.434. The van der Waals surface area contributed by atoms with E-state index in [0.29, 0.717) is 6.04 Å².